The summed E-state index contributed by atoms with van der Waals surface area (Å²) in [4.78, 5) is 14.9. The summed E-state index contributed by atoms with van der Waals surface area (Å²) in [5, 5.41) is 2.97. The predicted octanol–water partition coefficient (Wildman–Crippen LogP) is 3.34. The molecule has 1 saturated heterocycles. The van der Waals surface area contributed by atoms with Crippen LogP contribution in [-0.4, -0.2) is 56.8 Å². The van der Waals surface area contributed by atoms with Crippen LogP contribution in [0, 0.1) is 5.82 Å². The van der Waals surface area contributed by atoms with Gasteiger partial charge in [-0.1, -0.05) is 12.1 Å². The van der Waals surface area contributed by atoms with Crippen molar-refractivity contribution in [3.05, 3.63) is 53.8 Å². The number of nitrogens with one attached hydrogen (secondary N) is 1. The highest BCUT2D eigenvalue weighted by atomic mass is 19.1. The summed E-state index contributed by atoms with van der Waals surface area (Å²) in [6.45, 7) is 6.18. The molecule has 1 amide bonds. The molecule has 2 aromatic carbocycles. The zero-order valence-electron chi connectivity index (χ0n) is 16.4. The Hall–Kier alpha value is -2.44. The summed E-state index contributed by atoms with van der Waals surface area (Å²) in [7, 11) is 1.50. The normalized spacial score (nSPS) is 15.8. The summed E-state index contributed by atoms with van der Waals surface area (Å²) >= 11 is 0. The smallest absolute Gasteiger partial charge is 0.251 e. The molecule has 0 aliphatic carbocycles. The van der Waals surface area contributed by atoms with Gasteiger partial charge in [-0.25, -0.2) is 4.39 Å². The lowest BCUT2D eigenvalue weighted by molar-refractivity contribution is 0.0187. The molecule has 5 nitrogen and oxygen atoms in total. The van der Waals surface area contributed by atoms with Crippen molar-refractivity contribution in [3.63, 3.8) is 0 Å². The van der Waals surface area contributed by atoms with Crippen molar-refractivity contribution in [3.8, 4) is 16.9 Å². The van der Waals surface area contributed by atoms with Gasteiger partial charge in [0.15, 0.2) is 0 Å². The Bertz CT molecular complexity index is 806. The molecule has 3 rings (SSSR count). The predicted molar refractivity (Wildman–Crippen MR) is 107 cm³/mol. The van der Waals surface area contributed by atoms with Gasteiger partial charge in [0, 0.05) is 42.9 Å². The second kappa shape index (κ2) is 9.66. The van der Waals surface area contributed by atoms with Crippen LogP contribution in [0.2, 0.25) is 0 Å². The molecule has 2 aromatic rings. The largest absolute Gasteiger partial charge is 0.497 e. The zero-order chi connectivity index (χ0) is 19.9. The van der Waals surface area contributed by atoms with Crippen molar-refractivity contribution >= 4 is 5.91 Å². The SMILES string of the molecule is COc1ccc(-c2cccc(C(=O)NCC[C@@H](C)N3CCOCC3)c2)c(F)c1. The Kier molecular flexibility index (Phi) is 7.01. The minimum atomic E-state index is -0.378. The van der Waals surface area contributed by atoms with Gasteiger partial charge in [0.25, 0.3) is 5.91 Å². The first-order valence-corrected chi connectivity index (χ1v) is 9.62. The molecule has 0 aromatic heterocycles. The van der Waals surface area contributed by atoms with Crippen molar-refractivity contribution in [1.82, 2.24) is 10.2 Å². The molecule has 0 spiro atoms. The lowest BCUT2D eigenvalue weighted by atomic mass is 10.0. The quantitative estimate of drug-likeness (QED) is 0.793. The van der Waals surface area contributed by atoms with E-state index < -0.39 is 0 Å². The fourth-order valence-electron chi connectivity index (χ4n) is 3.38. The van der Waals surface area contributed by atoms with Gasteiger partial charge in [-0.3, -0.25) is 9.69 Å². The zero-order valence-corrected chi connectivity index (χ0v) is 16.4. The maximum Gasteiger partial charge on any atom is 0.251 e. The Balaban J connectivity index is 1.59. The number of carbonyl (C=O) groups is 1. The number of hydrogen-bond acceptors (Lipinski definition) is 4. The van der Waals surface area contributed by atoms with Crippen molar-refractivity contribution in [2.45, 2.75) is 19.4 Å². The van der Waals surface area contributed by atoms with Crippen molar-refractivity contribution in [1.29, 1.82) is 0 Å². The van der Waals surface area contributed by atoms with Gasteiger partial charge in [-0.05, 0) is 43.2 Å². The van der Waals surface area contributed by atoms with Crippen LogP contribution in [0.4, 0.5) is 4.39 Å². The van der Waals surface area contributed by atoms with Crippen LogP contribution in [0.25, 0.3) is 11.1 Å². The fraction of sp³-hybridized carbons (Fsp3) is 0.409. The van der Waals surface area contributed by atoms with E-state index in [9.17, 15) is 9.18 Å². The van der Waals surface area contributed by atoms with E-state index >= 15 is 0 Å². The number of benzene rings is 2. The molecule has 28 heavy (non-hydrogen) atoms. The third-order valence-corrected chi connectivity index (χ3v) is 5.13. The van der Waals surface area contributed by atoms with Gasteiger partial charge in [-0.2, -0.15) is 0 Å². The number of amides is 1. The number of ether oxygens (including phenoxy) is 2. The Morgan fingerprint density at radius 3 is 2.75 bits per heavy atom. The average molecular weight is 386 g/mol. The lowest BCUT2D eigenvalue weighted by Gasteiger charge is -2.32. The van der Waals surface area contributed by atoms with Crippen LogP contribution < -0.4 is 10.1 Å². The third-order valence-electron chi connectivity index (χ3n) is 5.13. The number of carbonyl (C=O) groups excluding carboxylic acids is 1. The monoisotopic (exact) mass is 386 g/mol. The van der Waals surface area contributed by atoms with E-state index in [2.05, 4.69) is 17.1 Å². The molecule has 1 heterocycles. The van der Waals surface area contributed by atoms with Gasteiger partial charge in [0.2, 0.25) is 0 Å². The molecule has 1 N–H and O–H groups in total. The Labute approximate surface area is 165 Å². The highest BCUT2D eigenvalue weighted by molar-refractivity contribution is 5.95. The second-order valence-corrected chi connectivity index (χ2v) is 6.97. The molecule has 150 valence electrons. The number of morpholine rings is 1. The molecule has 1 atom stereocenters. The van der Waals surface area contributed by atoms with Gasteiger partial charge in [0.05, 0.1) is 20.3 Å². The molecule has 0 saturated carbocycles. The van der Waals surface area contributed by atoms with Gasteiger partial charge >= 0.3 is 0 Å². The summed E-state index contributed by atoms with van der Waals surface area (Å²) in [6, 6.07) is 12.1. The van der Waals surface area contributed by atoms with Crippen LogP contribution in [-0.2, 0) is 4.74 Å². The van der Waals surface area contributed by atoms with E-state index in [0.717, 1.165) is 32.7 Å². The standard InChI is InChI=1S/C22H27FN2O3/c1-16(25-10-12-28-13-11-25)8-9-24-22(26)18-5-3-4-17(14-18)20-7-6-19(27-2)15-21(20)23/h3-7,14-16H,8-13H2,1-2H3,(H,24,26)/t16-/m1/s1. The molecular formula is C22H27FN2O3. The maximum absolute atomic E-state index is 14.3. The topological polar surface area (TPSA) is 50.8 Å². The van der Waals surface area contributed by atoms with E-state index in [1.165, 1.54) is 13.2 Å². The van der Waals surface area contributed by atoms with Crippen LogP contribution in [0.15, 0.2) is 42.5 Å². The average Bonchev–Trinajstić information content (AvgIpc) is 2.74. The highest BCUT2D eigenvalue weighted by Gasteiger charge is 2.17. The Morgan fingerprint density at radius 2 is 2.04 bits per heavy atom. The first kappa shape index (κ1) is 20.3. The number of nitrogens with zero attached hydrogens (tertiary/aromatic N) is 1. The Morgan fingerprint density at radius 1 is 1.25 bits per heavy atom. The molecule has 0 unspecified atom stereocenters. The van der Waals surface area contributed by atoms with E-state index in [0.29, 0.717) is 35.0 Å². The molecule has 0 radical (unpaired) electrons. The van der Waals surface area contributed by atoms with Crippen LogP contribution in [0.1, 0.15) is 23.7 Å². The molecule has 1 fully saturated rings. The second-order valence-electron chi connectivity index (χ2n) is 6.97. The fourth-order valence-corrected chi connectivity index (χ4v) is 3.38. The van der Waals surface area contributed by atoms with Crippen molar-refractivity contribution in [2.75, 3.05) is 40.0 Å². The minimum Gasteiger partial charge on any atom is -0.497 e. The van der Waals surface area contributed by atoms with E-state index in [4.69, 9.17) is 9.47 Å². The van der Waals surface area contributed by atoms with E-state index in [-0.39, 0.29) is 11.7 Å². The summed E-state index contributed by atoms with van der Waals surface area (Å²) in [5.41, 5.74) is 1.62. The first-order valence-electron chi connectivity index (χ1n) is 9.62. The molecular weight excluding hydrogens is 359 g/mol. The lowest BCUT2D eigenvalue weighted by Crippen LogP contribution is -2.43. The summed E-state index contributed by atoms with van der Waals surface area (Å²) < 4.78 is 24.7. The number of methoxy groups -OCH3 is 1. The maximum atomic E-state index is 14.3. The molecule has 6 heteroatoms. The van der Waals surface area contributed by atoms with Gasteiger partial charge in [0.1, 0.15) is 11.6 Å². The highest BCUT2D eigenvalue weighted by Crippen LogP contribution is 2.26. The number of rotatable bonds is 7. The molecule has 1 aliphatic rings. The minimum absolute atomic E-state index is 0.148. The van der Waals surface area contributed by atoms with Crippen molar-refractivity contribution in [2.24, 2.45) is 0 Å². The van der Waals surface area contributed by atoms with Crippen LogP contribution >= 0.6 is 0 Å². The first-order chi connectivity index (χ1) is 13.6. The van der Waals surface area contributed by atoms with Crippen molar-refractivity contribution < 1.29 is 18.7 Å². The summed E-state index contributed by atoms with van der Waals surface area (Å²) in [5.74, 6) is -0.0641. The number of hydrogen-bond donors (Lipinski definition) is 1. The third kappa shape index (κ3) is 5.09. The van der Waals surface area contributed by atoms with E-state index in [1.807, 2.05) is 0 Å². The molecule has 0 bridgehead atoms. The van der Waals surface area contributed by atoms with E-state index in [1.54, 1.807) is 36.4 Å². The van der Waals surface area contributed by atoms with Gasteiger partial charge in [-0.15, -0.1) is 0 Å². The van der Waals surface area contributed by atoms with Gasteiger partial charge < -0.3 is 14.8 Å². The molecule has 1 aliphatic heterocycles. The summed E-state index contributed by atoms with van der Waals surface area (Å²) in [6.07, 6.45) is 0.874. The number of halogens is 1. The van der Waals surface area contributed by atoms with Crippen LogP contribution in [0.5, 0.6) is 5.75 Å². The van der Waals surface area contributed by atoms with Crippen LogP contribution in [0.3, 0.4) is 0 Å².